The highest BCUT2D eigenvalue weighted by molar-refractivity contribution is 7.66. The van der Waals surface area contributed by atoms with Crippen molar-refractivity contribution < 1.29 is 68.5 Å². The Morgan fingerprint density at radius 3 is 2.58 bits per heavy atom. The first-order valence-electron chi connectivity index (χ1n) is 9.90. The average molecular weight is 581 g/mol. The number of aromatic nitrogens is 4. The van der Waals surface area contributed by atoms with Crippen LogP contribution in [0, 0.1) is 11.8 Å². The third-order valence-corrected chi connectivity index (χ3v) is 7.81. The standard InChI is InChI=1S/C13H17FN5O14P3/c14-3-1-2-13(22)8(20)6(4-30-35(26,27)33-36(28,29)32-34(23,24)25)31-11(13)19-5-16-7-9(19)17-12(15)18-10(7)21/h5-6,8,11,20,22H,3-4H2,(H,26,27)(H,28,29)(H2,23,24,25)(H3,15,17,18,21)/t6-,8+,11-,13?/m1/s1/i4D2. The van der Waals surface area contributed by atoms with Gasteiger partial charge in [-0.15, -0.1) is 0 Å². The Morgan fingerprint density at radius 2 is 1.97 bits per heavy atom. The minimum atomic E-state index is -6.11. The van der Waals surface area contributed by atoms with Crippen molar-refractivity contribution in [3.8, 4) is 11.8 Å². The summed E-state index contributed by atoms with van der Waals surface area (Å²) < 4.78 is 80.2. The number of phosphoric ester groups is 1. The summed E-state index contributed by atoms with van der Waals surface area (Å²) >= 11 is 0. The molecule has 0 aliphatic carbocycles. The van der Waals surface area contributed by atoms with Crippen LogP contribution in [0.25, 0.3) is 11.2 Å². The van der Waals surface area contributed by atoms with Crippen LogP contribution >= 0.6 is 23.5 Å². The first-order chi connectivity index (χ1) is 17.2. The summed E-state index contributed by atoms with van der Waals surface area (Å²) in [5, 5.41) is 21.8. The summed E-state index contributed by atoms with van der Waals surface area (Å²) in [7, 11) is -17.9. The molecule has 1 aliphatic heterocycles. The van der Waals surface area contributed by atoms with Crippen LogP contribution in [0.4, 0.5) is 10.3 Å². The summed E-state index contributed by atoms with van der Waals surface area (Å²) in [5.41, 5.74) is 0.914. The number of alkyl halides is 1. The molecule has 2 aromatic rings. The molecular formula is C13H17FN5O14P3. The molecule has 1 fully saturated rings. The summed E-state index contributed by atoms with van der Waals surface area (Å²) in [5.74, 6) is 3.25. The maximum atomic E-state index is 12.8. The molecule has 1 aliphatic rings. The van der Waals surface area contributed by atoms with E-state index in [0.717, 1.165) is 10.9 Å². The monoisotopic (exact) mass is 581 g/mol. The minimum absolute atomic E-state index is 0.377. The molecule has 0 bridgehead atoms. The SMILES string of the molecule is [2H]C([2H])(OP(=O)(O)OP(=O)(O)OP(=O)(O)O)[C@H]1O[C@@H](n2cnc3c(=O)[nH]c(N)nc32)C(O)(C#CCF)[C@H]1O. The molecule has 0 aromatic carbocycles. The average Bonchev–Trinajstić information content (AvgIpc) is 3.22. The lowest BCUT2D eigenvalue weighted by Gasteiger charge is -2.26. The number of H-pyrrole nitrogens is 1. The quantitative estimate of drug-likeness (QED) is 0.124. The van der Waals surface area contributed by atoms with E-state index in [1.807, 2.05) is 5.92 Å². The van der Waals surface area contributed by atoms with Crippen LogP contribution in [0.2, 0.25) is 0 Å². The predicted octanol–water partition coefficient (Wildman–Crippen LogP) is -1.99. The van der Waals surface area contributed by atoms with E-state index in [9.17, 15) is 42.9 Å². The number of nitrogens with one attached hydrogen (secondary N) is 1. The van der Waals surface area contributed by atoms with Crippen molar-refractivity contribution in [2.75, 3.05) is 19.0 Å². The lowest BCUT2D eigenvalue weighted by molar-refractivity contribution is -0.0719. The highest BCUT2D eigenvalue weighted by Crippen LogP contribution is 2.66. The van der Waals surface area contributed by atoms with E-state index in [2.05, 4.69) is 28.1 Å². The number of ether oxygens (including phenoxy) is 1. The number of aliphatic hydroxyl groups is 2. The van der Waals surface area contributed by atoms with E-state index in [1.54, 1.807) is 5.92 Å². The van der Waals surface area contributed by atoms with Crippen molar-refractivity contribution in [1.82, 2.24) is 19.5 Å². The Morgan fingerprint density at radius 1 is 1.31 bits per heavy atom. The van der Waals surface area contributed by atoms with E-state index < -0.39 is 77.9 Å². The fourth-order valence-electron chi connectivity index (χ4n) is 2.90. The van der Waals surface area contributed by atoms with Crippen LogP contribution in [0.15, 0.2) is 11.1 Å². The second-order valence-corrected chi connectivity index (χ2v) is 11.0. The lowest BCUT2D eigenvalue weighted by Crippen LogP contribution is -2.46. The van der Waals surface area contributed by atoms with Gasteiger partial charge in [0.25, 0.3) is 5.56 Å². The third kappa shape index (κ3) is 6.25. The number of nitrogen functional groups attached to an aromatic ring is 1. The second-order valence-electron chi connectivity index (χ2n) is 6.69. The highest BCUT2D eigenvalue weighted by Gasteiger charge is 2.57. The van der Waals surface area contributed by atoms with Gasteiger partial charge in [0.2, 0.25) is 5.95 Å². The normalized spacial score (nSPS) is 29.0. The third-order valence-electron chi connectivity index (χ3n) is 4.15. The summed E-state index contributed by atoms with van der Waals surface area (Å²) in [6.45, 7) is -5.12. The van der Waals surface area contributed by atoms with Crippen LogP contribution in [-0.2, 0) is 31.6 Å². The van der Waals surface area contributed by atoms with Crippen molar-refractivity contribution in [2.24, 2.45) is 0 Å². The largest absolute Gasteiger partial charge is 0.490 e. The van der Waals surface area contributed by atoms with Crippen LogP contribution in [0.1, 0.15) is 8.97 Å². The number of aliphatic hydroxyl groups excluding tert-OH is 1. The molecule has 9 N–H and O–H groups in total. The van der Waals surface area contributed by atoms with E-state index in [1.165, 1.54) is 0 Å². The molecule has 200 valence electrons. The first kappa shape index (κ1) is 25.6. The van der Waals surface area contributed by atoms with Gasteiger partial charge in [0.1, 0.15) is 18.9 Å². The highest BCUT2D eigenvalue weighted by atomic mass is 31.3. The number of halogens is 1. The predicted molar refractivity (Wildman–Crippen MR) is 111 cm³/mol. The number of nitrogens with two attached hydrogens (primary N) is 1. The van der Waals surface area contributed by atoms with Gasteiger partial charge < -0.3 is 40.3 Å². The molecular weight excluding hydrogens is 562 g/mol. The topological polar surface area (TPSA) is 299 Å². The Bertz CT molecular complexity index is 1500. The summed E-state index contributed by atoms with van der Waals surface area (Å²) in [4.78, 5) is 57.8. The zero-order chi connectivity index (χ0) is 28.9. The first-order valence-corrected chi connectivity index (χ1v) is 13.4. The molecule has 0 saturated carbocycles. The number of nitrogens with zero attached hydrogens (tertiary/aromatic N) is 3. The van der Waals surface area contributed by atoms with Crippen LogP contribution in [-0.4, -0.2) is 80.3 Å². The fraction of sp³-hybridized carbons (Fsp3) is 0.462. The fourth-order valence-corrected chi connectivity index (χ4v) is 5.78. The number of anilines is 1. The number of aromatic amines is 1. The molecule has 19 nitrogen and oxygen atoms in total. The number of hydrogen-bond donors (Lipinski definition) is 8. The van der Waals surface area contributed by atoms with Crippen molar-refractivity contribution >= 4 is 40.6 Å². The Kier molecular flexibility index (Phi) is 7.11. The molecule has 3 rings (SSSR count). The van der Waals surface area contributed by atoms with E-state index in [4.69, 9.17) is 23.0 Å². The van der Waals surface area contributed by atoms with Crippen LogP contribution < -0.4 is 11.3 Å². The van der Waals surface area contributed by atoms with Gasteiger partial charge in [-0.3, -0.25) is 18.9 Å². The molecule has 0 spiro atoms. The van der Waals surface area contributed by atoms with Gasteiger partial charge in [0, 0.05) is 0 Å². The maximum absolute atomic E-state index is 12.8. The zero-order valence-corrected chi connectivity index (χ0v) is 19.8. The molecule has 23 heteroatoms. The van der Waals surface area contributed by atoms with Gasteiger partial charge in [0.05, 0.1) is 15.6 Å². The molecule has 36 heavy (non-hydrogen) atoms. The van der Waals surface area contributed by atoms with E-state index in [-0.39, 0.29) is 5.52 Å². The Hall–Kier alpha value is -2.07. The number of imidazole rings is 1. The maximum Gasteiger partial charge on any atom is 0.490 e. The zero-order valence-electron chi connectivity index (χ0n) is 19.1. The molecule has 3 heterocycles. The molecule has 1 saturated heterocycles. The number of fused-ring (bicyclic) bond motifs is 1. The summed E-state index contributed by atoms with van der Waals surface area (Å²) in [6.07, 6.45) is -6.33. The van der Waals surface area contributed by atoms with Gasteiger partial charge in [-0.2, -0.15) is 13.6 Å². The van der Waals surface area contributed by atoms with Gasteiger partial charge >= 0.3 is 23.5 Å². The van der Waals surface area contributed by atoms with Crippen molar-refractivity contribution in [2.45, 2.75) is 24.0 Å². The molecule has 6 atom stereocenters. The molecule has 0 radical (unpaired) electrons. The Labute approximate surface area is 200 Å². The van der Waals surface area contributed by atoms with Gasteiger partial charge in [-0.1, -0.05) is 11.8 Å². The Balaban J connectivity index is 2.01. The van der Waals surface area contributed by atoms with Crippen molar-refractivity contribution in [3.63, 3.8) is 0 Å². The minimum Gasteiger partial charge on any atom is -0.386 e. The molecule has 0 amide bonds. The van der Waals surface area contributed by atoms with Gasteiger partial charge in [-0.25, -0.2) is 23.1 Å². The smallest absolute Gasteiger partial charge is 0.386 e. The van der Waals surface area contributed by atoms with Crippen LogP contribution in [0.3, 0.4) is 0 Å². The number of hydrogen-bond acceptors (Lipinski definition) is 13. The van der Waals surface area contributed by atoms with Gasteiger partial charge in [0.15, 0.2) is 23.0 Å². The lowest BCUT2D eigenvalue weighted by atomic mass is 9.94. The number of phosphoric acid groups is 3. The van der Waals surface area contributed by atoms with E-state index >= 15 is 0 Å². The van der Waals surface area contributed by atoms with Crippen molar-refractivity contribution in [1.29, 1.82) is 0 Å². The number of rotatable bonds is 8. The summed E-state index contributed by atoms with van der Waals surface area (Å²) in [6, 6.07) is 0. The molecule has 2 aromatic heterocycles. The molecule has 3 unspecified atom stereocenters. The van der Waals surface area contributed by atoms with Crippen LogP contribution in [0.5, 0.6) is 0 Å². The van der Waals surface area contributed by atoms with E-state index in [0.29, 0.717) is 0 Å². The van der Waals surface area contributed by atoms with Gasteiger partial charge in [-0.05, 0) is 0 Å². The van der Waals surface area contributed by atoms with Crippen molar-refractivity contribution in [3.05, 3.63) is 16.7 Å². The second kappa shape index (κ2) is 10.0.